The van der Waals surface area contributed by atoms with E-state index in [0.29, 0.717) is 0 Å². The molecule has 4 rings (SSSR count). The molecule has 0 heterocycles. The molecule has 1 atom stereocenters. The Balaban J connectivity index is 2.19. The normalized spacial score (nSPS) is 19.3. The van der Waals surface area contributed by atoms with E-state index >= 15 is 0 Å². The lowest BCUT2D eigenvalue weighted by Crippen LogP contribution is -2.73. The van der Waals surface area contributed by atoms with E-state index in [1.165, 1.54) is 37.8 Å². The lowest BCUT2D eigenvalue weighted by Gasteiger charge is -2.47. The molecule has 3 aromatic carbocycles. The third kappa shape index (κ3) is 3.35. The zero-order chi connectivity index (χ0) is 23.1. The van der Waals surface area contributed by atoms with Gasteiger partial charge in [0.1, 0.15) is 0 Å². The van der Waals surface area contributed by atoms with Crippen molar-refractivity contribution in [3.8, 4) is 0 Å². The van der Waals surface area contributed by atoms with Gasteiger partial charge in [-0.05, 0) is 52.9 Å². The first-order valence-electron chi connectivity index (χ1n) is 11.7. The molecule has 1 unspecified atom stereocenters. The smallest absolute Gasteiger partial charge is 0.0730 e. The topological polar surface area (TPSA) is 0 Å². The highest BCUT2D eigenvalue weighted by Gasteiger charge is 2.55. The Kier molecular flexibility index (Phi) is 5.67. The molecule has 0 saturated heterocycles. The SMILES string of the molecule is CC1=CC(C)([Si](c2ccccc2)(c2ccccc2)c2cccc(C(C)(C)C)c2)C(C)=C1C. The summed E-state index contributed by atoms with van der Waals surface area (Å²) >= 11 is 0. The van der Waals surface area contributed by atoms with Crippen LogP contribution >= 0.6 is 0 Å². The van der Waals surface area contributed by atoms with Crippen LogP contribution in [0.3, 0.4) is 0 Å². The fraction of sp³-hybridized carbons (Fsp3) is 0.290. The predicted molar refractivity (Wildman–Crippen MR) is 143 cm³/mol. The van der Waals surface area contributed by atoms with Gasteiger partial charge >= 0.3 is 0 Å². The van der Waals surface area contributed by atoms with Crippen LogP contribution in [0.5, 0.6) is 0 Å². The molecule has 0 bridgehead atoms. The minimum atomic E-state index is -2.51. The van der Waals surface area contributed by atoms with Crippen molar-refractivity contribution < 1.29 is 0 Å². The van der Waals surface area contributed by atoms with Crippen molar-refractivity contribution in [3.05, 3.63) is 113 Å². The lowest BCUT2D eigenvalue weighted by atomic mass is 9.87. The maximum absolute atomic E-state index is 2.58. The Labute approximate surface area is 195 Å². The summed E-state index contributed by atoms with van der Waals surface area (Å²) in [5, 5.41) is 4.37. The van der Waals surface area contributed by atoms with Gasteiger partial charge < -0.3 is 0 Å². The number of benzene rings is 3. The molecular formula is C31H36Si. The van der Waals surface area contributed by atoms with Crippen LogP contribution in [0.4, 0.5) is 0 Å². The highest BCUT2D eigenvalue weighted by Crippen LogP contribution is 2.52. The molecule has 0 saturated carbocycles. The van der Waals surface area contributed by atoms with Gasteiger partial charge in [-0.3, -0.25) is 0 Å². The van der Waals surface area contributed by atoms with Gasteiger partial charge in [-0.2, -0.15) is 0 Å². The Morgan fingerprint density at radius 2 is 1.16 bits per heavy atom. The van der Waals surface area contributed by atoms with Crippen molar-refractivity contribution in [1.29, 1.82) is 0 Å². The second kappa shape index (κ2) is 8.05. The molecule has 3 aromatic rings. The van der Waals surface area contributed by atoms with Crippen LogP contribution in [0.2, 0.25) is 5.04 Å². The summed E-state index contributed by atoms with van der Waals surface area (Å²) in [5.74, 6) is 0. The Morgan fingerprint density at radius 1 is 0.656 bits per heavy atom. The zero-order valence-electron chi connectivity index (χ0n) is 20.7. The van der Waals surface area contributed by atoms with Crippen LogP contribution in [0.1, 0.15) is 54.0 Å². The highest BCUT2D eigenvalue weighted by atomic mass is 28.3. The largest absolute Gasteiger partial charge is 0.161 e. The minimum absolute atomic E-state index is 0.0552. The van der Waals surface area contributed by atoms with Gasteiger partial charge in [0.05, 0.1) is 0 Å². The van der Waals surface area contributed by atoms with Crippen molar-refractivity contribution in [2.75, 3.05) is 0 Å². The maximum Gasteiger partial charge on any atom is 0.161 e. The van der Waals surface area contributed by atoms with Gasteiger partial charge in [0, 0.05) is 5.04 Å². The van der Waals surface area contributed by atoms with E-state index in [2.05, 4.69) is 139 Å². The summed E-state index contributed by atoms with van der Waals surface area (Å²) in [7, 11) is -2.51. The van der Waals surface area contributed by atoms with Crippen LogP contribution in [0.25, 0.3) is 0 Å². The first-order chi connectivity index (χ1) is 15.1. The first-order valence-corrected chi connectivity index (χ1v) is 13.7. The molecule has 1 heteroatoms. The van der Waals surface area contributed by atoms with Crippen LogP contribution in [-0.2, 0) is 5.41 Å². The Bertz CT molecular complexity index is 1140. The fourth-order valence-electron chi connectivity index (χ4n) is 5.72. The third-order valence-electron chi connectivity index (χ3n) is 7.79. The molecule has 0 radical (unpaired) electrons. The Morgan fingerprint density at radius 3 is 1.59 bits per heavy atom. The third-order valence-corrected chi connectivity index (χ3v) is 13.4. The van der Waals surface area contributed by atoms with E-state index < -0.39 is 8.07 Å². The molecule has 0 fully saturated rings. The van der Waals surface area contributed by atoms with E-state index in [-0.39, 0.29) is 10.5 Å². The molecular weight excluding hydrogens is 400 g/mol. The summed E-state index contributed by atoms with van der Waals surface area (Å²) in [5.41, 5.74) is 5.88. The van der Waals surface area contributed by atoms with Crippen LogP contribution < -0.4 is 15.6 Å². The average molecular weight is 437 g/mol. The van der Waals surface area contributed by atoms with Crippen LogP contribution in [0.15, 0.2) is 108 Å². The molecule has 32 heavy (non-hydrogen) atoms. The molecule has 0 spiro atoms. The van der Waals surface area contributed by atoms with Crippen molar-refractivity contribution in [3.63, 3.8) is 0 Å². The first kappa shape index (κ1) is 22.5. The van der Waals surface area contributed by atoms with Gasteiger partial charge in [-0.15, -0.1) is 0 Å². The second-order valence-corrected chi connectivity index (χ2v) is 14.9. The van der Waals surface area contributed by atoms with Gasteiger partial charge in [0.25, 0.3) is 0 Å². The van der Waals surface area contributed by atoms with E-state index in [9.17, 15) is 0 Å². The van der Waals surface area contributed by atoms with Gasteiger partial charge in [-0.25, -0.2) is 0 Å². The second-order valence-electron chi connectivity index (χ2n) is 10.6. The monoisotopic (exact) mass is 436 g/mol. The fourth-order valence-corrected chi connectivity index (χ4v) is 11.8. The minimum Gasteiger partial charge on any atom is -0.0730 e. The highest BCUT2D eigenvalue weighted by molar-refractivity contribution is 7.14. The van der Waals surface area contributed by atoms with E-state index in [1.807, 2.05) is 0 Å². The van der Waals surface area contributed by atoms with E-state index in [0.717, 1.165) is 0 Å². The Hall–Kier alpha value is -2.64. The number of hydrogen-bond acceptors (Lipinski definition) is 0. The summed E-state index contributed by atoms with van der Waals surface area (Å²) in [4.78, 5) is 0. The lowest BCUT2D eigenvalue weighted by molar-refractivity contribution is 0.590. The van der Waals surface area contributed by atoms with Crippen molar-refractivity contribution in [2.24, 2.45) is 0 Å². The summed E-state index contributed by atoms with van der Waals surface area (Å²) in [6.45, 7) is 16.4. The van der Waals surface area contributed by atoms with Gasteiger partial charge in [-0.1, -0.05) is 130 Å². The summed E-state index contributed by atoms with van der Waals surface area (Å²) in [6, 6.07) is 32.1. The molecule has 1 aliphatic rings. The molecule has 164 valence electrons. The molecule has 0 N–H and O–H groups in total. The average Bonchev–Trinajstić information content (AvgIpc) is 2.98. The number of hydrogen-bond donors (Lipinski definition) is 0. The van der Waals surface area contributed by atoms with Crippen LogP contribution in [-0.4, -0.2) is 8.07 Å². The standard InChI is InChI=1S/C31H36Si/c1-23-22-31(7,25(3)24(23)2)32(27-16-10-8-11-17-27,28-18-12-9-13-19-28)29-20-14-15-26(21-29)30(4,5)6/h8-22H,1-7H3. The maximum atomic E-state index is 2.58. The summed E-state index contributed by atoms with van der Waals surface area (Å²) in [6.07, 6.45) is 2.58. The van der Waals surface area contributed by atoms with Crippen molar-refractivity contribution in [2.45, 2.75) is 58.9 Å². The van der Waals surface area contributed by atoms with E-state index in [1.54, 1.807) is 0 Å². The van der Waals surface area contributed by atoms with Crippen molar-refractivity contribution >= 4 is 23.6 Å². The van der Waals surface area contributed by atoms with Gasteiger partial charge in [0.15, 0.2) is 8.07 Å². The predicted octanol–water partition coefficient (Wildman–Crippen LogP) is 6.51. The van der Waals surface area contributed by atoms with Crippen molar-refractivity contribution in [1.82, 2.24) is 0 Å². The molecule has 0 amide bonds. The quantitative estimate of drug-likeness (QED) is 0.323. The molecule has 0 aliphatic heterocycles. The van der Waals surface area contributed by atoms with Gasteiger partial charge in [0.2, 0.25) is 0 Å². The summed E-state index contributed by atoms with van der Waals surface area (Å²) < 4.78 is 0. The molecule has 0 aromatic heterocycles. The molecule has 0 nitrogen and oxygen atoms in total. The number of allylic oxidation sites excluding steroid dienone is 4. The zero-order valence-corrected chi connectivity index (χ0v) is 21.7. The van der Waals surface area contributed by atoms with E-state index in [4.69, 9.17) is 0 Å². The number of rotatable bonds is 4. The van der Waals surface area contributed by atoms with Crippen LogP contribution in [0, 0.1) is 0 Å². The molecule has 1 aliphatic carbocycles.